The van der Waals surface area contributed by atoms with Crippen molar-refractivity contribution in [2.45, 2.75) is 52.8 Å². The Morgan fingerprint density at radius 1 is 1.29 bits per heavy atom. The molecule has 0 radical (unpaired) electrons. The maximum Gasteiger partial charge on any atom is 0.264 e. The van der Waals surface area contributed by atoms with Crippen LogP contribution in [-0.4, -0.2) is 16.2 Å². The first-order valence-corrected chi connectivity index (χ1v) is 7.44. The molecule has 1 aromatic carbocycles. The van der Waals surface area contributed by atoms with Crippen molar-refractivity contribution in [1.29, 1.82) is 0 Å². The lowest BCUT2D eigenvalue weighted by atomic mass is 10.2. The number of benzene rings is 1. The minimum absolute atomic E-state index is 0.301. The summed E-state index contributed by atoms with van der Waals surface area (Å²) in [6.45, 7) is 7.41. The van der Waals surface area contributed by atoms with E-state index in [2.05, 4.69) is 42.3 Å². The molecule has 5 nitrogen and oxygen atoms in total. The van der Waals surface area contributed by atoms with Gasteiger partial charge in [0.25, 0.3) is 5.89 Å². The highest BCUT2D eigenvalue weighted by molar-refractivity contribution is 5.33. The Morgan fingerprint density at radius 2 is 2.10 bits per heavy atom. The van der Waals surface area contributed by atoms with Gasteiger partial charge in [-0.05, 0) is 12.5 Å². The topological polar surface area (TPSA) is 60.2 Å². The number of nitrogens with one attached hydrogen (secondary N) is 1. The van der Waals surface area contributed by atoms with Crippen LogP contribution in [0.25, 0.3) is 0 Å². The molecule has 1 heterocycles. The zero-order chi connectivity index (χ0) is 15.1. The molecule has 0 aliphatic heterocycles. The van der Waals surface area contributed by atoms with Gasteiger partial charge < -0.3 is 14.6 Å². The number of aromatic nitrogens is 2. The Kier molecular flexibility index (Phi) is 5.75. The summed E-state index contributed by atoms with van der Waals surface area (Å²) in [5.41, 5.74) is 1.12. The Hall–Kier alpha value is -1.88. The zero-order valence-corrected chi connectivity index (χ0v) is 12.9. The molecule has 0 fully saturated rings. The molecular formula is C16H23N3O2. The lowest BCUT2D eigenvalue weighted by molar-refractivity contribution is 0.240. The van der Waals surface area contributed by atoms with Crippen molar-refractivity contribution in [3.8, 4) is 5.75 Å². The Balaban J connectivity index is 1.95. The Morgan fingerprint density at radius 3 is 2.86 bits per heavy atom. The average molecular weight is 289 g/mol. The monoisotopic (exact) mass is 289 g/mol. The van der Waals surface area contributed by atoms with Gasteiger partial charge in [-0.15, -0.1) is 0 Å². The van der Waals surface area contributed by atoms with Gasteiger partial charge in [0.05, 0.1) is 0 Å². The van der Waals surface area contributed by atoms with E-state index in [1.807, 2.05) is 18.2 Å². The van der Waals surface area contributed by atoms with Gasteiger partial charge in [0.1, 0.15) is 5.75 Å². The lowest BCUT2D eigenvalue weighted by Gasteiger charge is -2.12. The summed E-state index contributed by atoms with van der Waals surface area (Å²) in [4.78, 5) is 4.30. The molecule has 21 heavy (non-hydrogen) atoms. The maximum atomic E-state index is 5.81. The van der Waals surface area contributed by atoms with E-state index in [0.29, 0.717) is 18.5 Å². The zero-order valence-electron chi connectivity index (χ0n) is 12.9. The third-order valence-electron chi connectivity index (χ3n) is 3.01. The van der Waals surface area contributed by atoms with Crippen molar-refractivity contribution in [3.05, 3.63) is 41.5 Å². The van der Waals surface area contributed by atoms with E-state index in [-0.39, 0.29) is 0 Å². The molecule has 2 aromatic rings. The van der Waals surface area contributed by atoms with Gasteiger partial charge in [-0.2, -0.15) is 4.98 Å². The number of rotatable bonds is 8. The SMILES string of the molecule is CCCc1noc(COc2ccccc2CNC(C)C)n1. The molecule has 0 saturated heterocycles. The molecule has 0 spiro atoms. The normalized spacial score (nSPS) is 11.0. The van der Waals surface area contributed by atoms with Crippen LogP contribution < -0.4 is 10.1 Å². The second-order valence-corrected chi connectivity index (χ2v) is 5.29. The molecule has 0 bridgehead atoms. The van der Waals surface area contributed by atoms with Crippen LogP contribution in [0.1, 0.15) is 44.5 Å². The molecule has 5 heteroatoms. The highest BCUT2D eigenvalue weighted by Crippen LogP contribution is 2.19. The average Bonchev–Trinajstić information content (AvgIpc) is 2.92. The minimum Gasteiger partial charge on any atom is -0.483 e. The fourth-order valence-electron chi connectivity index (χ4n) is 1.92. The molecule has 0 atom stereocenters. The standard InChI is InChI=1S/C16H23N3O2/c1-4-7-15-18-16(21-19-15)11-20-14-9-6-5-8-13(14)10-17-12(2)3/h5-6,8-9,12,17H,4,7,10-11H2,1-3H3. The van der Waals surface area contributed by atoms with Gasteiger partial charge in [-0.25, -0.2) is 0 Å². The van der Waals surface area contributed by atoms with Crippen molar-refractivity contribution in [2.24, 2.45) is 0 Å². The summed E-state index contributed by atoms with van der Waals surface area (Å²) in [5.74, 6) is 2.11. The third kappa shape index (κ3) is 4.86. The second-order valence-electron chi connectivity index (χ2n) is 5.29. The number of para-hydroxylation sites is 1. The summed E-state index contributed by atoms with van der Waals surface area (Å²) in [5, 5.41) is 7.31. The van der Waals surface area contributed by atoms with Gasteiger partial charge in [-0.3, -0.25) is 0 Å². The van der Waals surface area contributed by atoms with E-state index in [0.717, 1.165) is 36.5 Å². The van der Waals surface area contributed by atoms with E-state index in [9.17, 15) is 0 Å². The van der Waals surface area contributed by atoms with Crippen LogP contribution >= 0.6 is 0 Å². The van der Waals surface area contributed by atoms with E-state index in [1.54, 1.807) is 0 Å². The number of nitrogens with zero attached hydrogens (tertiary/aromatic N) is 2. The Labute approximate surface area is 125 Å². The van der Waals surface area contributed by atoms with Gasteiger partial charge in [-0.1, -0.05) is 44.1 Å². The van der Waals surface area contributed by atoms with E-state index >= 15 is 0 Å². The van der Waals surface area contributed by atoms with Crippen LogP contribution in [0.5, 0.6) is 5.75 Å². The lowest BCUT2D eigenvalue weighted by Crippen LogP contribution is -2.22. The van der Waals surface area contributed by atoms with Crippen molar-refractivity contribution in [1.82, 2.24) is 15.5 Å². The molecule has 0 saturated carbocycles. The van der Waals surface area contributed by atoms with Gasteiger partial charge in [0, 0.05) is 24.6 Å². The van der Waals surface area contributed by atoms with Crippen LogP contribution in [0, 0.1) is 0 Å². The summed E-state index contributed by atoms with van der Waals surface area (Å²) < 4.78 is 11.0. The fraction of sp³-hybridized carbons (Fsp3) is 0.500. The molecule has 0 aliphatic carbocycles. The third-order valence-corrected chi connectivity index (χ3v) is 3.01. The van der Waals surface area contributed by atoms with Crippen LogP contribution in [0.4, 0.5) is 0 Å². The number of aryl methyl sites for hydroxylation is 1. The first-order chi connectivity index (χ1) is 10.2. The van der Waals surface area contributed by atoms with Crippen molar-refractivity contribution < 1.29 is 9.26 Å². The van der Waals surface area contributed by atoms with Crippen molar-refractivity contribution >= 4 is 0 Å². The largest absolute Gasteiger partial charge is 0.483 e. The van der Waals surface area contributed by atoms with Gasteiger partial charge in [0.2, 0.25) is 0 Å². The summed E-state index contributed by atoms with van der Waals surface area (Å²) in [7, 11) is 0. The van der Waals surface area contributed by atoms with Crippen LogP contribution in [0.2, 0.25) is 0 Å². The molecule has 0 amide bonds. The fourth-order valence-corrected chi connectivity index (χ4v) is 1.92. The summed E-state index contributed by atoms with van der Waals surface area (Å²) in [6, 6.07) is 8.42. The minimum atomic E-state index is 0.301. The maximum absolute atomic E-state index is 5.81. The first kappa shape index (κ1) is 15.5. The van der Waals surface area contributed by atoms with Gasteiger partial charge in [0.15, 0.2) is 12.4 Å². The molecule has 0 unspecified atom stereocenters. The van der Waals surface area contributed by atoms with E-state index in [4.69, 9.17) is 9.26 Å². The molecule has 1 aromatic heterocycles. The number of ether oxygens (including phenoxy) is 1. The van der Waals surface area contributed by atoms with E-state index < -0.39 is 0 Å². The molecule has 114 valence electrons. The van der Waals surface area contributed by atoms with Gasteiger partial charge >= 0.3 is 0 Å². The molecular weight excluding hydrogens is 266 g/mol. The van der Waals surface area contributed by atoms with E-state index in [1.165, 1.54) is 0 Å². The number of hydrogen-bond acceptors (Lipinski definition) is 5. The Bertz CT molecular complexity index is 552. The highest BCUT2D eigenvalue weighted by atomic mass is 16.5. The highest BCUT2D eigenvalue weighted by Gasteiger charge is 2.08. The predicted molar refractivity (Wildman–Crippen MR) is 81.0 cm³/mol. The van der Waals surface area contributed by atoms with Crippen LogP contribution in [0.3, 0.4) is 0 Å². The van der Waals surface area contributed by atoms with Crippen LogP contribution in [0.15, 0.2) is 28.8 Å². The predicted octanol–water partition coefficient (Wildman–Crippen LogP) is 3.10. The smallest absolute Gasteiger partial charge is 0.264 e. The molecule has 1 N–H and O–H groups in total. The second kappa shape index (κ2) is 7.78. The van der Waals surface area contributed by atoms with Crippen LogP contribution in [-0.2, 0) is 19.6 Å². The first-order valence-electron chi connectivity index (χ1n) is 7.44. The summed E-state index contributed by atoms with van der Waals surface area (Å²) in [6.07, 6.45) is 1.84. The molecule has 0 aliphatic rings. The molecule has 2 rings (SSSR count). The quantitative estimate of drug-likeness (QED) is 0.809. The van der Waals surface area contributed by atoms with Crippen molar-refractivity contribution in [3.63, 3.8) is 0 Å². The number of hydrogen-bond donors (Lipinski definition) is 1. The summed E-state index contributed by atoms with van der Waals surface area (Å²) >= 11 is 0. The van der Waals surface area contributed by atoms with Crippen molar-refractivity contribution in [2.75, 3.05) is 0 Å².